The normalized spacial score (nSPS) is 12.1. The molecule has 1 unspecified atom stereocenters. The van der Waals surface area contributed by atoms with Gasteiger partial charge < -0.3 is 10.5 Å². The van der Waals surface area contributed by atoms with Crippen LogP contribution in [0.15, 0.2) is 24.3 Å². The molecular formula is C12H17NO2S. The second-order valence-electron chi connectivity index (χ2n) is 3.42. The van der Waals surface area contributed by atoms with E-state index in [2.05, 4.69) is 6.92 Å². The maximum Gasteiger partial charge on any atom is 0.315 e. The maximum atomic E-state index is 11.2. The van der Waals surface area contributed by atoms with E-state index in [1.807, 2.05) is 31.2 Å². The number of thioether (sulfide) groups is 1. The van der Waals surface area contributed by atoms with Crippen LogP contribution in [0.3, 0.4) is 0 Å². The van der Waals surface area contributed by atoms with Crippen molar-refractivity contribution in [1.29, 1.82) is 0 Å². The van der Waals surface area contributed by atoms with Crippen LogP contribution in [0.4, 0.5) is 5.69 Å². The largest absolute Gasteiger partial charge is 0.465 e. The van der Waals surface area contributed by atoms with E-state index in [9.17, 15) is 4.79 Å². The summed E-state index contributed by atoms with van der Waals surface area (Å²) in [6.07, 6.45) is 0. The minimum Gasteiger partial charge on any atom is -0.465 e. The molecule has 0 bridgehead atoms. The van der Waals surface area contributed by atoms with Crippen LogP contribution in [-0.2, 0) is 9.53 Å². The summed E-state index contributed by atoms with van der Waals surface area (Å²) in [5.74, 6) is 0.231. The molecule has 4 heteroatoms. The van der Waals surface area contributed by atoms with Gasteiger partial charge in [-0.15, -0.1) is 11.8 Å². The lowest BCUT2D eigenvalue weighted by atomic mass is 10.1. The molecule has 3 nitrogen and oxygen atoms in total. The number of anilines is 1. The zero-order valence-corrected chi connectivity index (χ0v) is 10.4. The predicted octanol–water partition coefficient (Wildman–Crippen LogP) is 2.63. The van der Waals surface area contributed by atoms with Crippen molar-refractivity contribution in [3.8, 4) is 0 Å². The van der Waals surface area contributed by atoms with Gasteiger partial charge in [-0.1, -0.05) is 12.1 Å². The number of nitrogen functional groups attached to an aromatic ring is 1. The van der Waals surface area contributed by atoms with Gasteiger partial charge in [0.15, 0.2) is 0 Å². The van der Waals surface area contributed by atoms with E-state index < -0.39 is 0 Å². The number of rotatable bonds is 5. The lowest BCUT2D eigenvalue weighted by molar-refractivity contribution is -0.139. The first-order valence-electron chi connectivity index (χ1n) is 5.26. The first kappa shape index (κ1) is 12.9. The summed E-state index contributed by atoms with van der Waals surface area (Å²) in [7, 11) is 0. The molecule has 88 valence electrons. The van der Waals surface area contributed by atoms with Gasteiger partial charge in [0.2, 0.25) is 0 Å². The Labute approximate surface area is 100 Å². The highest BCUT2D eigenvalue weighted by molar-refractivity contribution is 8.00. The van der Waals surface area contributed by atoms with E-state index in [1.54, 1.807) is 11.8 Å². The minimum atomic E-state index is -0.158. The Morgan fingerprint density at radius 1 is 1.44 bits per heavy atom. The van der Waals surface area contributed by atoms with Crippen LogP contribution >= 0.6 is 11.8 Å². The second-order valence-corrected chi connectivity index (χ2v) is 4.75. The number of esters is 1. The molecule has 1 atom stereocenters. The fourth-order valence-corrected chi connectivity index (χ4v) is 2.08. The molecule has 0 aliphatic carbocycles. The van der Waals surface area contributed by atoms with Crippen molar-refractivity contribution in [1.82, 2.24) is 0 Å². The molecule has 0 aromatic heterocycles. The van der Waals surface area contributed by atoms with Gasteiger partial charge in [0.05, 0.1) is 12.4 Å². The van der Waals surface area contributed by atoms with Crippen LogP contribution in [0, 0.1) is 0 Å². The number of benzene rings is 1. The van der Waals surface area contributed by atoms with Gasteiger partial charge in [0.1, 0.15) is 0 Å². The van der Waals surface area contributed by atoms with Crippen LogP contribution in [0.1, 0.15) is 24.7 Å². The molecule has 0 saturated heterocycles. The average Bonchev–Trinajstić information content (AvgIpc) is 2.27. The maximum absolute atomic E-state index is 11.2. The van der Waals surface area contributed by atoms with Gasteiger partial charge in [0, 0.05) is 10.9 Å². The van der Waals surface area contributed by atoms with Gasteiger partial charge in [-0.25, -0.2) is 0 Å². The summed E-state index contributed by atoms with van der Waals surface area (Å²) in [6.45, 7) is 4.32. The molecule has 0 spiro atoms. The van der Waals surface area contributed by atoms with Crippen molar-refractivity contribution in [3.05, 3.63) is 29.8 Å². The fraction of sp³-hybridized carbons (Fsp3) is 0.417. The lowest BCUT2D eigenvalue weighted by Crippen LogP contribution is -2.07. The Morgan fingerprint density at radius 2 is 2.06 bits per heavy atom. The van der Waals surface area contributed by atoms with Crippen LogP contribution < -0.4 is 5.73 Å². The van der Waals surface area contributed by atoms with Gasteiger partial charge in [-0.2, -0.15) is 0 Å². The van der Waals surface area contributed by atoms with E-state index in [4.69, 9.17) is 10.5 Å². The second kappa shape index (κ2) is 6.43. The molecule has 1 aromatic carbocycles. The third kappa shape index (κ3) is 4.14. The average molecular weight is 239 g/mol. The Kier molecular flexibility index (Phi) is 5.19. The summed E-state index contributed by atoms with van der Waals surface area (Å²) in [5, 5.41) is 0.269. The number of carbonyl (C=O) groups excluding carboxylic acids is 1. The van der Waals surface area contributed by atoms with Crippen molar-refractivity contribution in [2.75, 3.05) is 18.1 Å². The van der Waals surface area contributed by atoms with Gasteiger partial charge >= 0.3 is 5.97 Å². The molecule has 16 heavy (non-hydrogen) atoms. The molecule has 0 radical (unpaired) electrons. The molecule has 2 N–H and O–H groups in total. The highest BCUT2D eigenvalue weighted by Crippen LogP contribution is 2.28. The molecular weight excluding hydrogens is 222 g/mol. The van der Waals surface area contributed by atoms with Crippen LogP contribution in [-0.4, -0.2) is 18.3 Å². The third-order valence-electron chi connectivity index (χ3n) is 2.16. The summed E-state index contributed by atoms with van der Waals surface area (Å²) in [5.41, 5.74) is 7.53. The Morgan fingerprint density at radius 3 is 2.62 bits per heavy atom. The van der Waals surface area contributed by atoms with Gasteiger partial charge in [0.25, 0.3) is 0 Å². The van der Waals surface area contributed by atoms with Crippen molar-refractivity contribution in [2.45, 2.75) is 19.1 Å². The number of ether oxygens (including phenoxy) is 1. The molecule has 0 fully saturated rings. The lowest BCUT2D eigenvalue weighted by Gasteiger charge is -2.11. The number of nitrogens with two attached hydrogens (primary N) is 1. The molecule has 0 saturated carbocycles. The number of hydrogen-bond acceptors (Lipinski definition) is 4. The summed E-state index contributed by atoms with van der Waals surface area (Å²) >= 11 is 1.57. The molecule has 0 heterocycles. The SMILES string of the molecule is CCOC(=O)CSC(C)c1ccc(N)cc1. The smallest absolute Gasteiger partial charge is 0.315 e. The Bertz CT molecular complexity index is 337. The minimum absolute atomic E-state index is 0.158. The molecule has 1 rings (SSSR count). The van der Waals surface area contributed by atoms with Crippen molar-refractivity contribution >= 4 is 23.4 Å². The van der Waals surface area contributed by atoms with E-state index in [-0.39, 0.29) is 11.2 Å². The highest BCUT2D eigenvalue weighted by Gasteiger charge is 2.09. The van der Waals surface area contributed by atoms with Crippen LogP contribution in [0.2, 0.25) is 0 Å². The molecule has 1 aromatic rings. The fourth-order valence-electron chi connectivity index (χ4n) is 1.26. The molecule has 0 aliphatic rings. The number of hydrogen-bond donors (Lipinski definition) is 1. The predicted molar refractivity (Wildman–Crippen MR) is 68.4 cm³/mol. The van der Waals surface area contributed by atoms with E-state index in [0.717, 1.165) is 5.69 Å². The van der Waals surface area contributed by atoms with Crippen molar-refractivity contribution in [2.24, 2.45) is 0 Å². The Hall–Kier alpha value is -1.16. The first-order chi connectivity index (χ1) is 7.63. The zero-order valence-electron chi connectivity index (χ0n) is 9.60. The Balaban J connectivity index is 2.43. The topological polar surface area (TPSA) is 52.3 Å². The molecule has 0 aliphatic heterocycles. The monoisotopic (exact) mass is 239 g/mol. The van der Waals surface area contributed by atoms with Gasteiger partial charge in [-0.05, 0) is 31.5 Å². The molecule has 0 amide bonds. The van der Waals surface area contributed by atoms with Crippen molar-refractivity contribution < 1.29 is 9.53 Å². The third-order valence-corrected chi connectivity index (χ3v) is 3.34. The van der Waals surface area contributed by atoms with Gasteiger partial charge in [-0.3, -0.25) is 4.79 Å². The van der Waals surface area contributed by atoms with Crippen molar-refractivity contribution in [3.63, 3.8) is 0 Å². The summed E-state index contributed by atoms with van der Waals surface area (Å²) < 4.78 is 4.87. The van der Waals surface area contributed by atoms with Crippen LogP contribution in [0.5, 0.6) is 0 Å². The van der Waals surface area contributed by atoms with E-state index >= 15 is 0 Å². The standard InChI is InChI=1S/C12H17NO2S/c1-3-15-12(14)8-16-9(2)10-4-6-11(13)7-5-10/h4-7,9H,3,8,13H2,1-2H3. The summed E-state index contributed by atoms with van der Waals surface area (Å²) in [6, 6.07) is 7.71. The summed E-state index contributed by atoms with van der Waals surface area (Å²) in [4.78, 5) is 11.2. The zero-order chi connectivity index (χ0) is 12.0. The van der Waals surface area contributed by atoms with E-state index in [1.165, 1.54) is 5.56 Å². The van der Waals surface area contributed by atoms with Crippen LogP contribution in [0.25, 0.3) is 0 Å². The first-order valence-corrected chi connectivity index (χ1v) is 6.31. The quantitative estimate of drug-likeness (QED) is 0.634. The van der Waals surface area contributed by atoms with E-state index in [0.29, 0.717) is 12.4 Å². The number of carbonyl (C=O) groups is 1. The highest BCUT2D eigenvalue weighted by atomic mass is 32.2.